The molecule has 156 valence electrons. The van der Waals surface area contributed by atoms with Gasteiger partial charge in [0, 0.05) is 17.3 Å². The topological polar surface area (TPSA) is 82.1 Å². The number of hydrogen-bond donors (Lipinski definition) is 0. The zero-order valence-corrected chi connectivity index (χ0v) is 17.5. The molecule has 0 bridgehead atoms. The van der Waals surface area contributed by atoms with E-state index in [1.807, 2.05) is 0 Å². The first-order chi connectivity index (χ1) is 13.4. The quantitative estimate of drug-likeness (QED) is 0.502. The first-order valence-corrected chi connectivity index (χ1v) is 10.1. The summed E-state index contributed by atoms with van der Waals surface area (Å²) in [4.78, 5) is 39.7. The summed E-state index contributed by atoms with van der Waals surface area (Å²) in [5.41, 5.74) is 1.63. The van der Waals surface area contributed by atoms with Gasteiger partial charge in [-0.25, -0.2) is 14.4 Å². The summed E-state index contributed by atoms with van der Waals surface area (Å²) in [6, 6.07) is 0. The fourth-order valence-electron chi connectivity index (χ4n) is 4.28. The third kappa shape index (κ3) is 4.23. The van der Waals surface area contributed by atoms with E-state index in [2.05, 4.69) is 0 Å². The summed E-state index contributed by atoms with van der Waals surface area (Å²) in [5.74, 6) is -1.31. The maximum absolute atomic E-state index is 12.9. The van der Waals surface area contributed by atoms with E-state index < -0.39 is 23.9 Å². The molecule has 0 unspecified atom stereocenters. The van der Waals surface area contributed by atoms with E-state index >= 15 is 0 Å². The predicted octanol–water partition coefficient (Wildman–Crippen LogP) is 3.94. The van der Waals surface area contributed by atoms with E-state index in [9.17, 15) is 14.4 Å². The number of carbonyl (C=O) groups excluding carboxylic acids is 3. The fraction of sp³-hybridized carbons (Fsp3) is 0.667. The first kappa shape index (κ1) is 22.0. The maximum Gasteiger partial charge on any atom is 0.418 e. The van der Waals surface area contributed by atoms with Crippen molar-refractivity contribution < 1.29 is 28.6 Å². The number of ether oxygens (including phenoxy) is 3. The molecule has 1 fully saturated rings. The maximum atomic E-state index is 12.9. The number of carbonyl (C=O) groups is 3. The van der Waals surface area contributed by atoms with Gasteiger partial charge in [0.2, 0.25) is 0 Å². The Balaban J connectivity index is 2.66. The summed E-state index contributed by atoms with van der Waals surface area (Å²) in [7, 11) is 0. The Labute approximate surface area is 166 Å². The molecule has 1 aliphatic carbocycles. The van der Waals surface area contributed by atoms with E-state index in [0.717, 1.165) is 25.7 Å². The van der Waals surface area contributed by atoms with Crippen LogP contribution in [-0.4, -0.2) is 42.8 Å². The van der Waals surface area contributed by atoms with E-state index in [4.69, 9.17) is 14.2 Å². The van der Waals surface area contributed by atoms with Crippen molar-refractivity contribution in [1.29, 1.82) is 0 Å². The second-order valence-corrected chi connectivity index (χ2v) is 7.00. The highest BCUT2D eigenvalue weighted by atomic mass is 16.6. The highest BCUT2D eigenvalue weighted by Gasteiger charge is 2.45. The van der Waals surface area contributed by atoms with Gasteiger partial charge in [0.05, 0.1) is 31.0 Å². The minimum atomic E-state index is -0.619. The van der Waals surface area contributed by atoms with Gasteiger partial charge in [-0.3, -0.25) is 4.90 Å². The van der Waals surface area contributed by atoms with Crippen LogP contribution in [0.25, 0.3) is 0 Å². The van der Waals surface area contributed by atoms with Gasteiger partial charge in [-0.15, -0.1) is 0 Å². The lowest BCUT2D eigenvalue weighted by Crippen LogP contribution is -2.41. The van der Waals surface area contributed by atoms with Crippen LogP contribution in [0.1, 0.15) is 60.3 Å². The molecule has 1 amide bonds. The van der Waals surface area contributed by atoms with Crippen molar-refractivity contribution in [2.75, 3.05) is 19.8 Å². The minimum absolute atomic E-state index is 0.132. The molecule has 1 aliphatic heterocycles. The van der Waals surface area contributed by atoms with Gasteiger partial charge >= 0.3 is 18.0 Å². The van der Waals surface area contributed by atoms with Gasteiger partial charge in [0.15, 0.2) is 0 Å². The highest BCUT2D eigenvalue weighted by molar-refractivity contribution is 5.99. The predicted molar refractivity (Wildman–Crippen MR) is 103 cm³/mol. The van der Waals surface area contributed by atoms with Gasteiger partial charge in [-0.05, 0) is 53.4 Å². The monoisotopic (exact) mass is 393 g/mol. The lowest BCUT2D eigenvalue weighted by Gasteiger charge is -2.38. The first-order valence-electron chi connectivity index (χ1n) is 10.1. The van der Waals surface area contributed by atoms with Crippen molar-refractivity contribution in [2.24, 2.45) is 11.8 Å². The average molecular weight is 393 g/mol. The SMILES string of the molecule is CCOC(=O)C1=C(C)N(C(=O)OCC)C(C)=C(C(=O)OCC)C1C1CCCC1. The Bertz CT molecular complexity index is 645. The molecule has 0 radical (unpaired) electrons. The number of amides is 1. The van der Waals surface area contributed by atoms with Crippen molar-refractivity contribution in [3.05, 3.63) is 22.5 Å². The second-order valence-electron chi connectivity index (χ2n) is 7.00. The number of rotatable bonds is 6. The van der Waals surface area contributed by atoms with E-state index in [1.54, 1.807) is 34.6 Å². The van der Waals surface area contributed by atoms with Crippen molar-refractivity contribution in [3.63, 3.8) is 0 Å². The van der Waals surface area contributed by atoms with Crippen molar-refractivity contribution in [1.82, 2.24) is 4.90 Å². The molecule has 28 heavy (non-hydrogen) atoms. The summed E-state index contributed by atoms with van der Waals surface area (Å²) in [6.07, 6.45) is 3.30. The fourth-order valence-corrected chi connectivity index (χ4v) is 4.28. The van der Waals surface area contributed by atoms with E-state index in [0.29, 0.717) is 22.5 Å². The molecule has 0 aromatic rings. The summed E-state index contributed by atoms with van der Waals surface area (Å²) in [6.45, 7) is 9.20. The van der Waals surface area contributed by atoms with Crippen LogP contribution in [0.2, 0.25) is 0 Å². The van der Waals surface area contributed by atoms with Gasteiger partial charge < -0.3 is 14.2 Å². The molecule has 0 saturated heterocycles. The molecule has 0 atom stereocenters. The lowest BCUT2D eigenvalue weighted by molar-refractivity contribution is -0.140. The van der Waals surface area contributed by atoms with Crippen molar-refractivity contribution >= 4 is 18.0 Å². The van der Waals surface area contributed by atoms with Crippen molar-refractivity contribution in [3.8, 4) is 0 Å². The van der Waals surface area contributed by atoms with Crippen LogP contribution in [-0.2, 0) is 23.8 Å². The number of hydrogen-bond acceptors (Lipinski definition) is 6. The Morgan fingerprint density at radius 3 is 1.64 bits per heavy atom. The van der Waals surface area contributed by atoms with Crippen LogP contribution in [0.5, 0.6) is 0 Å². The molecule has 0 spiro atoms. The molecule has 0 aromatic carbocycles. The third-order valence-electron chi connectivity index (χ3n) is 5.38. The zero-order valence-electron chi connectivity index (χ0n) is 17.5. The molecule has 0 aromatic heterocycles. The van der Waals surface area contributed by atoms with Crippen LogP contribution in [0.3, 0.4) is 0 Å². The van der Waals surface area contributed by atoms with Gasteiger partial charge in [-0.2, -0.15) is 0 Å². The Morgan fingerprint density at radius 1 is 0.821 bits per heavy atom. The molecule has 2 aliphatic rings. The molecule has 7 nitrogen and oxygen atoms in total. The van der Waals surface area contributed by atoms with Gasteiger partial charge in [0.1, 0.15) is 0 Å². The number of nitrogens with zero attached hydrogens (tertiary/aromatic N) is 1. The van der Waals surface area contributed by atoms with Crippen molar-refractivity contribution in [2.45, 2.75) is 60.3 Å². The van der Waals surface area contributed by atoms with Gasteiger partial charge in [-0.1, -0.05) is 12.8 Å². The molecular weight excluding hydrogens is 362 g/mol. The molecule has 1 heterocycles. The third-order valence-corrected chi connectivity index (χ3v) is 5.38. The van der Waals surface area contributed by atoms with Crippen LogP contribution >= 0.6 is 0 Å². The smallest absolute Gasteiger partial charge is 0.418 e. The van der Waals surface area contributed by atoms with Gasteiger partial charge in [0.25, 0.3) is 0 Å². The Kier molecular flexibility index (Phi) is 7.66. The summed E-state index contributed by atoms with van der Waals surface area (Å²) in [5, 5.41) is 0. The second kappa shape index (κ2) is 9.75. The summed E-state index contributed by atoms with van der Waals surface area (Å²) < 4.78 is 15.8. The number of allylic oxidation sites excluding steroid dienone is 2. The summed E-state index contributed by atoms with van der Waals surface area (Å²) >= 11 is 0. The Hall–Kier alpha value is -2.31. The van der Waals surface area contributed by atoms with Crippen LogP contribution in [0.15, 0.2) is 22.5 Å². The van der Waals surface area contributed by atoms with Crippen LogP contribution < -0.4 is 0 Å². The van der Waals surface area contributed by atoms with E-state index in [-0.39, 0.29) is 25.7 Å². The molecule has 7 heteroatoms. The molecule has 1 saturated carbocycles. The Morgan fingerprint density at radius 2 is 1.25 bits per heavy atom. The minimum Gasteiger partial charge on any atom is -0.463 e. The van der Waals surface area contributed by atoms with Crippen LogP contribution in [0.4, 0.5) is 4.79 Å². The average Bonchev–Trinajstić information content (AvgIpc) is 3.16. The standard InChI is InChI=1S/C21H31NO6/c1-6-26-19(23)16-13(4)22(21(25)28-8-3)14(5)17(20(24)27-7-2)18(16)15-11-9-10-12-15/h15,18H,6-12H2,1-5H3. The highest BCUT2D eigenvalue weighted by Crippen LogP contribution is 2.46. The molecular formula is C21H31NO6. The number of esters is 2. The zero-order chi connectivity index (χ0) is 20.8. The lowest BCUT2D eigenvalue weighted by atomic mass is 9.75. The molecule has 0 N–H and O–H groups in total. The largest absolute Gasteiger partial charge is 0.463 e. The van der Waals surface area contributed by atoms with Crippen LogP contribution in [0, 0.1) is 11.8 Å². The van der Waals surface area contributed by atoms with E-state index in [1.165, 1.54) is 4.90 Å². The molecule has 2 rings (SSSR count). The normalized spacial score (nSPS) is 18.5.